The first-order valence-corrected chi connectivity index (χ1v) is 6.95. The maximum atomic E-state index is 12.3. The Hall–Kier alpha value is -0.330. The molecule has 1 fully saturated rings. The molecule has 0 aliphatic carbocycles. The van der Waals surface area contributed by atoms with Gasteiger partial charge in [-0.15, -0.1) is 0 Å². The highest BCUT2D eigenvalue weighted by Gasteiger charge is 2.34. The summed E-state index contributed by atoms with van der Waals surface area (Å²) in [4.78, 5) is 2.14. The van der Waals surface area contributed by atoms with Crippen molar-refractivity contribution in [2.24, 2.45) is 5.92 Å². The zero-order valence-electron chi connectivity index (χ0n) is 11.9. The van der Waals surface area contributed by atoms with Crippen LogP contribution in [0.2, 0.25) is 0 Å². The van der Waals surface area contributed by atoms with Gasteiger partial charge in [0.25, 0.3) is 0 Å². The zero-order valence-corrected chi connectivity index (χ0v) is 11.9. The topological polar surface area (TPSA) is 35.5 Å². The molecule has 0 aromatic rings. The van der Waals surface area contributed by atoms with Crippen LogP contribution in [0.15, 0.2) is 0 Å². The summed E-state index contributed by atoms with van der Waals surface area (Å²) in [5, 5.41) is 12.5. The summed E-state index contributed by atoms with van der Waals surface area (Å²) in [6.07, 6.45) is -3.37. The van der Waals surface area contributed by atoms with E-state index < -0.39 is 18.8 Å². The number of rotatable bonds is 5. The van der Waals surface area contributed by atoms with E-state index in [-0.39, 0.29) is 18.0 Å². The van der Waals surface area contributed by atoms with Gasteiger partial charge in [0.2, 0.25) is 0 Å². The van der Waals surface area contributed by atoms with Gasteiger partial charge in [0.05, 0.1) is 12.6 Å². The molecule has 1 heterocycles. The molecule has 0 amide bonds. The van der Waals surface area contributed by atoms with Gasteiger partial charge in [-0.05, 0) is 32.6 Å². The van der Waals surface area contributed by atoms with E-state index in [2.05, 4.69) is 10.2 Å². The van der Waals surface area contributed by atoms with E-state index in [9.17, 15) is 18.3 Å². The van der Waals surface area contributed by atoms with Crippen LogP contribution in [0, 0.1) is 5.92 Å². The van der Waals surface area contributed by atoms with Crippen LogP contribution in [0.1, 0.15) is 33.6 Å². The first-order valence-electron chi connectivity index (χ1n) is 6.95. The molecule has 1 aliphatic heterocycles. The highest BCUT2D eigenvalue weighted by molar-refractivity contribution is 4.88. The van der Waals surface area contributed by atoms with E-state index in [0.717, 1.165) is 6.54 Å². The van der Waals surface area contributed by atoms with Gasteiger partial charge in [0, 0.05) is 25.2 Å². The lowest BCUT2D eigenvalue weighted by atomic mass is 9.88. The normalized spacial score (nSPS) is 27.8. The quantitative estimate of drug-likeness (QED) is 0.809. The maximum absolute atomic E-state index is 12.3. The van der Waals surface area contributed by atoms with E-state index in [0.29, 0.717) is 19.4 Å². The number of aliphatic hydroxyl groups excluding tert-OH is 1. The third-order valence-corrected chi connectivity index (χ3v) is 3.80. The number of halogens is 3. The molecule has 0 saturated carbocycles. The van der Waals surface area contributed by atoms with Gasteiger partial charge in [0.1, 0.15) is 0 Å². The monoisotopic (exact) mass is 282 g/mol. The molecule has 0 radical (unpaired) electrons. The van der Waals surface area contributed by atoms with Gasteiger partial charge in [-0.1, -0.05) is 6.92 Å². The summed E-state index contributed by atoms with van der Waals surface area (Å²) in [6, 6.07) is 0.0750. The average Bonchev–Trinajstić information content (AvgIpc) is 2.34. The summed E-state index contributed by atoms with van der Waals surface area (Å²) in [5.41, 5.74) is 0. The van der Waals surface area contributed by atoms with Crippen molar-refractivity contribution in [1.29, 1.82) is 0 Å². The standard InChI is InChI=1S/C13H25F3N2O/c1-4-12(19)10-5-11(17-8-13(14,15)16)7-18(6-10)9(2)3/h9-12,17,19H,4-8H2,1-3H3. The van der Waals surface area contributed by atoms with E-state index in [1.165, 1.54) is 0 Å². The summed E-state index contributed by atoms with van der Waals surface area (Å²) >= 11 is 0. The van der Waals surface area contributed by atoms with Gasteiger partial charge in [0.15, 0.2) is 0 Å². The van der Waals surface area contributed by atoms with E-state index in [4.69, 9.17) is 0 Å². The predicted molar refractivity (Wildman–Crippen MR) is 69.0 cm³/mol. The second-order valence-electron chi connectivity index (χ2n) is 5.71. The molecule has 1 rings (SSSR count). The van der Waals surface area contributed by atoms with E-state index in [1.807, 2.05) is 20.8 Å². The summed E-state index contributed by atoms with van der Waals surface area (Å²) in [6.45, 7) is 6.37. The number of hydrogen-bond donors (Lipinski definition) is 2. The van der Waals surface area contributed by atoms with Crippen molar-refractivity contribution >= 4 is 0 Å². The van der Waals surface area contributed by atoms with Crippen LogP contribution in [0.25, 0.3) is 0 Å². The maximum Gasteiger partial charge on any atom is 0.401 e. The number of hydrogen-bond acceptors (Lipinski definition) is 3. The van der Waals surface area contributed by atoms with Crippen molar-refractivity contribution in [1.82, 2.24) is 10.2 Å². The summed E-state index contributed by atoms with van der Waals surface area (Å²) in [7, 11) is 0. The summed E-state index contributed by atoms with van der Waals surface area (Å²) < 4.78 is 36.8. The number of nitrogens with one attached hydrogen (secondary N) is 1. The molecule has 6 heteroatoms. The van der Waals surface area contributed by atoms with Crippen molar-refractivity contribution in [3.63, 3.8) is 0 Å². The lowest BCUT2D eigenvalue weighted by Crippen LogP contribution is -2.54. The lowest BCUT2D eigenvalue weighted by Gasteiger charge is -2.42. The Bertz CT molecular complexity index is 271. The Kier molecular flexibility index (Phi) is 6.08. The fourth-order valence-corrected chi connectivity index (χ4v) is 2.62. The van der Waals surface area contributed by atoms with Gasteiger partial charge >= 0.3 is 6.18 Å². The highest BCUT2D eigenvalue weighted by atomic mass is 19.4. The number of nitrogens with zero attached hydrogens (tertiary/aromatic N) is 1. The van der Waals surface area contributed by atoms with Crippen molar-refractivity contribution in [3.8, 4) is 0 Å². The molecule has 0 bridgehead atoms. The van der Waals surface area contributed by atoms with Crippen LogP contribution >= 0.6 is 0 Å². The first-order chi connectivity index (χ1) is 8.73. The second-order valence-corrected chi connectivity index (χ2v) is 5.71. The zero-order chi connectivity index (χ0) is 14.6. The molecule has 3 nitrogen and oxygen atoms in total. The number of aliphatic hydroxyl groups is 1. The van der Waals surface area contributed by atoms with Crippen LogP contribution in [0.5, 0.6) is 0 Å². The van der Waals surface area contributed by atoms with E-state index >= 15 is 0 Å². The number of piperidine rings is 1. The van der Waals surface area contributed by atoms with Crippen molar-refractivity contribution < 1.29 is 18.3 Å². The first kappa shape index (κ1) is 16.7. The smallest absolute Gasteiger partial charge is 0.393 e. The number of likely N-dealkylation sites (tertiary alicyclic amines) is 1. The molecular formula is C13H25F3N2O. The average molecular weight is 282 g/mol. The lowest BCUT2D eigenvalue weighted by molar-refractivity contribution is -0.127. The number of alkyl halides is 3. The second kappa shape index (κ2) is 6.90. The Morgan fingerprint density at radius 3 is 2.42 bits per heavy atom. The molecule has 1 saturated heterocycles. The molecule has 1 aliphatic rings. The predicted octanol–water partition coefficient (Wildman–Crippen LogP) is 2.01. The molecule has 0 aromatic heterocycles. The highest BCUT2D eigenvalue weighted by Crippen LogP contribution is 2.24. The Morgan fingerprint density at radius 2 is 1.95 bits per heavy atom. The summed E-state index contributed by atoms with van der Waals surface area (Å²) in [5.74, 6) is 0.0480. The van der Waals surface area contributed by atoms with Crippen LogP contribution in [0.3, 0.4) is 0 Å². The molecule has 19 heavy (non-hydrogen) atoms. The van der Waals surface area contributed by atoms with Crippen molar-refractivity contribution in [2.75, 3.05) is 19.6 Å². The molecule has 0 spiro atoms. The minimum atomic E-state index is -4.18. The van der Waals surface area contributed by atoms with Gasteiger partial charge in [-0.2, -0.15) is 13.2 Å². The molecular weight excluding hydrogens is 257 g/mol. The van der Waals surface area contributed by atoms with Gasteiger partial charge in [-0.25, -0.2) is 0 Å². The molecule has 2 N–H and O–H groups in total. The molecule has 3 unspecified atom stereocenters. The Morgan fingerprint density at radius 1 is 1.32 bits per heavy atom. The van der Waals surface area contributed by atoms with Crippen LogP contribution in [0.4, 0.5) is 13.2 Å². The third-order valence-electron chi connectivity index (χ3n) is 3.80. The Labute approximate surface area is 113 Å². The Balaban J connectivity index is 2.60. The fraction of sp³-hybridized carbons (Fsp3) is 1.00. The van der Waals surface area contributed by atoms with Crippen LogP contribution in [-0.4, -0.2) is 54.0 Å². The van der Waals surface area contributed by atoms with Crippen molar-refractivity contribution in [2.45, 2.75) is 58.0 Å². The van der Waals surface area contributed by atoms with Gasteiger partial charge < -0.3 is 10.4 Å². The molecule has 0 aromatic carbocycles. The minimum Gasteiger partial charge on any atom is -0.393 e. The van der Waals surface area contributed by atoms with Crippen LogP contribution < -0.4 is 5.32 Å². The largest absolute Gasteiger partial charge is 0.401 e. The van der Waals surface area contributed by atoms with Gasteiger partial charge in [-0.3, -0.25) is 4.90 Å². The molecule has 3 atom stereocenters. The van der Waals surface area contributed by atoms with Crippen molar-refractivity contribution in [3.05, 3.63) is 0 Å². The van der Waals surface area contributed by atoms with E-state index in [1.54, 1.807) is 0 Å². The fourth-order valence-electron chi connectivity index (χ4n) is 2.62. The molecule has 114 valence electrons. The SMILES string of the molecule is CCC(O)C1CC(NCC(F)(F)F)CN(C(C)C)C1. The third kappa shape index (κ3) is 5.67. The minimum absolute atomic E-state index is 0.0480. The van der Waals surface area contributed by atoms with Crippen LogP contribution in [-0.2, 0) is 0 Å².